The highest BCUT2D eigenvalue weighted by molar-refractivity contribution is 5.87. The highest BCUT2D eigenvalue weighted by Gasteiger charge is 2.28. The average molecular weight is 312 g/mol. The van der Waals surface area contributed by atoms with Crippen LogP contribution >= 0.6 is 0 Å². The molecule has 5 nitrogen and oxygen atoms in total. The molecule has 0 radical (unpaired) electrons. The summed E-state index contributed by atoms with van der Waals surface area (Å²) in [5, 5.41) is 15.4. The molecule has 1 saturated heterocycles. The van der Waals surface area contributed by atoms with Gasteiger partial charge in [0.25, 0.3) is 0 Å². The number of nitrogens with one attached hydrogen (secondary N) is 2. The summed E-state index contributed by atoms with van der Waals surface area (Å²) in [4.78, 5) is 23.3. The van der Waals surface area contributed by atoms with Crippen molar-refractivity contribution in [3.63, 3.8) is 0 Å². The Labute approximate surface area is 126 Å². The van der Waals surface area contributed by atoms with E-state index in [2.05, 4.69) is 10.6 Å². The predicted molar refractivity (Wildman–Crippen MR) is 74.7 cm³/mol. The van der Waals surface area contributed by atoms with Crippen molar-refractivity contribution in [3.8, 4) is 0 Å². The number of halogens is 2. The van der Waals surface area contributed by atoms with Crippen molar-refractivity contribution in [1.82, 2.24) is 10.6 Å². The molecule has 7 heteroatoms. The molecule has 1 aromatic carbocycles. The Bertz CT molecular complexity index is 580. The van der Waals surface area contributed by atoms with Crippen molar-refractivity contribution in [2.24, 2.45) is 5.92 Å². The average Bonchev–Trinajstić information content (AvgIpc) is 2.49. The van der Waals surface area contributed by atoms with Crippen molar-refractivity contribution in [2.75, 3.05) is 6.54 Å². The van der Waals surface area contributed by atoms with E-state index in [1.54, 1.807) is 6.92 Å². The molecule has 22 heavy (non-hydrogen) atoms. The minimum Gasteiger partial charge on any atom is -0.386 e. The molecule has 1 aliphatic heterocycles. The van der Waals surface area contributed by atoms with Crippen LogP contribution in [0.5, 0.6) is 0 Å². The minimum absolute atomic E-state index is 0.111. The molecule has 3 atom stereocenters. The van der Waals surface area contributed by atoms with Gasteiger partial charge < -0.3 is 15.7 Å². The first-order valence-corrected chi connectivity index (χ1v) is 7.08. The molecule has 1 aliphatic rings. The molecular formula is C15H18F2N2O3. The molecule has 0 aliphatic carbocycles. The maximum absolute atomic E-state index is 13.2. The summed E-state index contributed by atoms with van der Waals surface area (Å²) in [5.41, 5.74) is 0.174. The molecular weight excluding hydrogens is 294 g/mol. The SMILES string of the molecule is CC(NC(=O)C1CCNC(=O)C1)C(O)c1ccc(F)c(F)c1. The third kappa shape index (κ3) is 3.79. The molecule has 2 rings (SSSR count). The summed E-state index contributed by atoms with van der Waals surface area (Å²) in [6.07, 6.45) is -0.526. The Hall–Kier alpha value is -2.02. The van der Waals surface area contributed by atoms with Gasteiger partial charge in [0.1, 0.15) is 0 Å². The van der Waals surface area contributed by atoms with Crippen LogP contribution < -0.4 is 10.6 Å². The van der Waals surface area contributed by atoms with Gasteiger partial charge in [0.15, 0.2) is 11.6 Å². The molecule has 0 aromatic heterocycles. The number of hydrogen-bond donors (Lipinski definition) is 3. The second-order valence-electron chi connectivity index (χ2n) is 5.46. The maximum atomic E-state index is 13.2. The van der Waals surface area contributed by atoms with E-state index in [9.17, 15) is 23.5 Å². The summed E-state index contributed by atoms with van der Waals surface area (Å²) in [5.74, 6) is -3.00. The first-order valence-electron chi connectivity index (χ1n) is 7.08. The molecule has 120 valence electrons. The largest absolute Gasteiger partial charge is 0.386 e. The molecule has 0 bridgehead atoms. The first kappa shape index (κ1) is 16.4. The molecule has 3 unspecified atom stereocenters. The highest BCUT2D eigenvalue weighted by atomic mass is 19.2. The quantitative estimate of drug-likeness (QED) is 0.777. The lowest BCUT2D eigenvalue weighted by atomic mass is 9.95. The topological polar surface area (TPSA) is 78.4 Å². The van der Waals surface area contributed by atoms with Gasteiger partial charge in [-0.05, 0) is 31.0 Å². The zero-order valence-corrected chi connectivity index (χ0v) is 12.1. The van der Waals surface area contributed by atoms with Crippen LogP contribution in [0.1, 0.15) is 31.4 Å². The van der Waals surface area contributed by atoms with Gasteiger partial charge in [-0.3, -0.25) is 9.59 Å². The Kier molecular flexibility index (Phi) is 5.07. The van der Waals surface area contributed by atoms with Gasteiger partial charge in [0.05, 0.1) is 12.1 Å². The summed E-state index contributed by atoms with van der Waals surface area (Å²) in [6.45, 7) is 2.00. The van der Waals surface area contributed by atoms with Crippen molar-refractivity contribution < 1.29 is 23.5 Å². The van der Waals surface area contributed by atoms with E-state index in [4.69, 9.17) is 0 Å². The number of rotatable bonds is 4. The molecule has 0 saturated carbocycles. The molecule has 1 fully saturated rings. The maximum Gasteiger partial charge on any atom is 0.224 e. The number of piperidine rings is 1. The predicted octanol–water partition coefficient (Wildman–Crippen LogP) is 1.03. The fourth-order valence-electron chi connectivity index (χ4n) is 2.41. The number of benzene rings is 1. The second-order valence-corrected chi connectivity index (χ2v) is 5.46. The van der Waals surface area contributed by atoms with Gasteiger partial charge in [-0.15, -0.1) is 0 Å². The van der Waals surface area contributed by atoms with Crippen LogP contribution in [0, 0.1) is 17.6 Å². The van der Waals surface area contributed by atoms with E-state index in [-0.39, 0.29) is 23.8 Å². The fourth-order valence-corrected chi connectivity index (χ4v) is 2.41. The highest BCUT2D eigenvalue weighted by Crippen LogP contribution is 2.20. The third-order valence-corrected chi connectivity index (χ3v) is 3.75. The van der Waals surface area contributed by atoms with Crippen molar-refractivity contribution in [3.05, 3.63) is 35.4 Å². The van der Waals surface area contributed by atoms with Crippen LogP contribution in [0.2, 0.25) is 0 Å². The third-order valence-electron chi connectivity index (χ3n) is 3.75. The van der Waals surface area contributed by atoms with E-state index < -0.39 is 29.7 Å². The zero-order chi connectivity index (χ0) is 16.3. The number of aliphatic hydroxyl groups excluding tert-OH is 1. The Morgan fingerprint density at radius 2 is 2.14 bits per heavy atom. The molecule has 1 aromatic rings. The number of hydrogen-bond acceptors (Lipinski definition) is 3. The summed E-state index contributed by atoms with van der Waals surface area (Å²) < 4.78 is 26.1. The molecule has 2 amide bonds. The first-order chi connectivity index (χ1) is 10.4. The van der Waals surface area contributed by atoms with Gasteiger partial charge in [-0.25, -0.2) is 8.78 Å². The summed E-state index contributed by atoms with van der Waals surface area (Å²) >= 11 is 0. The van der Waals surface area contributed by atoms with Crippen molar-refractivity contribution >= 4 is 11.8 Å². The molecule has 3 N–H and O–H groups in total. The van der Waals surface area contributed by atoms with Crippen LogP contribution in [0.4, 0.5) is 8.78 Å². The van der Waals surface area contributed by atoms with Crippen LogP contribution in [0.3, 0.4) is 0 Å². The van der Waals surface area contributed by atoms with Crippen LogP contribution in [0.25, 0.3) is 0 Å². The van der Waals surface area contributed by atoms with Crippen molar-refractivity contribution in [2.45, 2.75) is 31.9 Å². The monoisotopic (exact) mass is 312 g/mol. The minimum atomic E-state index is -1.17. The number of amides is 2. The van der Waals surface area contributed by atoms with Crippen LogP contribution in [-0.2, 0) is 9.59 Å². The van der Waals surface area contributed by atoms with E-state index >= 15 is 0 Å². The van der Waals surface area contributed by atoms with Gasteiger partial charge in [-0.1, -0.05) is 6.07 Å². The number of aliphatic hydroxyl groups is 1. The van der Waals surface area contributed by atoms with E-state index in [1.165, 1.54) is 6.07 Å². The zero-order valence-electron chi connectivity index (χ0n) is 12.1. The molecule has 1 heterocycles. The lowest BCUT2D eigenvalue weighted by molar-refractivity contribution is -0.133. The Morgan fingerprint density at radius 3 is 2.77 bits per heavy atom. The smallest absolute Gasteiger partial charge is 0.224 e. The lowest BCUT2D eigenvalue weighted by Crippen LogP contribution is -2.45. The van der Waals surface area contributed by atoms with E-state index in [1.807, 2.05) is 0 Å². The van der Waals surface area contributed by atoms with Crippen molar-refractivity contribution in [1.29, 1.82) is 0 Å². The fraction of sp³-hybridized carbons (Fsp3) is 0.467. The van der Waals surface area contributed by atoms with E-state index in [0.717, 1.165) is 12.1 Å². The summed E-state index contributed by atoms with van der Waals surface area (Å²) in [6, 6.07) is 2.40. The van der Waals surface area contributed by atoms with Crippen LogP contribution in [-0.4, -0.2) is 29.5 Å². The number of carbonyl (C=O) groups excluding carboxylic acids is 2. The Morgan fingerprint density at radius 1 is 1.41 bits per heavy atom. The summed E-state index contributed by atoms with van der Waals surface area (Å²) in [7, 11) is 0. The van der Waals surface area contributed by atoms with Crippen LogP contribution in [0.15, 0.2) is 18.2 Å². The van der Waals surface area contributed by atoms with E-state index in [0.29, 0.717) is 13.0 Å². The normalized spacial score (nSPS) is 20.9. The standard InChI is InChI=1S/C15H18F2N2O3/c1-8(14(21)9-2-3-11(16)12(17)6-9)19-15(22)10-4-5-18-13(20)7-10/h2-3,6,8,10,14,21H,4-5,7H2,1H3,(H,18,20)(H,19,22). The lowest BCUT2D eigenvalue weighted by Gasteiger charge is -2.26. The number of carbonyl (C=O) groups is 2. The van der Waals surface area contributed by atoms with Gasteiger partial charge >= 0.3 is 0 Å². The molecule has 0 spiro atoms. The second kappa shape index (κ2) is 6.83. The van der Waals surface area contributed by atoms with Gasteiger partial charge in [0, 0.05) is 18.9 Å². The van der Waals surface area contributed by atoms with Gasteiger partial charge in [0.2, 0.25) is 11.8 Å². The Balaban J connectivity index is 1.98. The van der Waals surface area contributed by atoms with Gasteiger partial charge in [-0.2, -0.15) is 0 Å².